The van der Waals surface area contributed by atoms with Crippen LogP contribution in [0.15, 0.2) is 4.99 Å². The molecule has 0 amide bonds. The van der Waals surface area contributed by atoms with Crippen molar-refractivity contribution >= 4 is 5.84 Å². The summed E-state index contributed by atoms with van der Waals surface area (Å²) in [5, 5.41) is 13.1. The Morgan fingerprint density at radius 1 is 1.14 bits per heavy atom. The van der Waals surface area contributed by atoms with Crippen molar-refractivity contribution in [2.24, 2.45) is 4.99 Å². The van der Waals surface area contributed by atoms with Gasteiger partial charge in [-0.05, 0) is 32.1 Å². The lowest BCUT2D eigenvalue weighted by molar-refractivity contribution is 0.157. The number of hydrogen-bond acceptors (Lipinski definition) is 3. The molecule has 0 radical (unpaired) electrons. The van der Waals surface area contributed by atoms with Crippen LogP contribution in [0.5, 0.6) is 0 Å². The Labute approximate surface area is 85.6 Å². The molecule has 14 heavy (non-hydrogen) atoms. The Morgan fingerprint density at radius 2 is 2.07 bits per heavy atom. The van der Waals surface area contributed by atoms with Gasteiger partial charge in [0.05, 0.1) is 18.0 Å². The zero-order valence-electron chi connectivity index (χ0n) is 8.71. The van der Waals surface area contributed by atoms with E-state index in [0.717, 1.165) is 38.1 Å². The summed E-state index contributed by atoms with van der Waals surface area (Å²) in [4.78, 5) is 4.52. The second-order valence-electron chi connectivity index (χ2n) is 4.39. The van der Waals surface area contributed by atoms with Gasteiger partial charge in [-0.15, -0.1) is 0 Å². The first-order valence-corrected chi connectivity index (χ1v) is 5.84. The summed E-state index contributed by atoms with van der Waals surface area (Å²) in [7, 11) is 0. The fourth-order valence-corrected chi connectivity index (χ4v) is 2.31. The van der Waals surface area contributed by atoms with E-state index in [4.69, 9.17) is 0 Å². The minimum Gasteiger partial charge on any atom is -0.391 e. The highest BCUT2D eigenvalue weighted by molar-refractivity contribution is 5.82. The first-order valence-electron chi connectivity index (χ1n) is 5.84. The van der Waals surface area contributed by atoms with Gasteiger partial charge >= 0.3 is 0 Å². The number of aliphatic imine (C=N–C) groups is 1. The smallest absolute Gasteiger partial charge is 0.0966 e. The van der Waals surface area contributed by atoms with E-state index in [1.54, 1.807) is 0 Å². The fourth-order valence-electron chi connectivity index (χ4n) is 2.31. The van der Waals surface area contributed by atoms with Gasteiger partial charge < -0.3 is 10.4 Å². The van der Waals surface area contributed by atoms with Crippen LogP contribution in [0.25, 0.3) is 0 Å². The summed E-state index contributed by atoms with van der Waals surface area (Å²) >= 11 is 0. The number of hydrogen-bond donors (Lipinski definition) is 2. The molecule has 1 saturated carbocycles. The van der Waals surface area contributed by atoms with Crippen LogP contribution in [-0.4, -0.2) is 29.6 Å². The van der Waals surface area contributed by atoms with Crippen molar-refractivity contribution in [3.05, 3.63) is 0 Å². The van der Waals surface area contributed by atoms with E-state index in [-0.39, 0.29) is 12.1 Å². The van der Waals surface area contributed by atoms with E-state index in [0.29, 0.717) is 0 Å². The third-order valence-corrected chi connectivity index (χ3v) is 3.21. The molecule has 2 rings (SSSR count). The highest BCUT2D eigenvalue weighted by Crippen LogP contribution is 2.19. The lowest BCUT2D eigenvalue weighted by atomic mass is 10.2. The zero-order chi connectivity index (χ0) is 9.80. The molecule has 2 aliphatic rings. The molecule has 80 valence electrons. The topological polar surface area (TPSA) is 44.6 Å². The van der Waals surface area contributed by atoms with E-state index >= 15 is 0 Å². The van der Waals surface area contributed by atoms with Crippen LogP contribution in [0.3, 0.4) is 0 Å². The van der Waals surface area contributed by atoms with Crippen LogP contribution < -0.4 is 5.32 Å². The normalized spacial score (nSPS) is 33.6. The fraction of sp³-hybridized carbons (Fsp3) is 0.909. The number of nitrogens with zero attached hydrogens (tertiary/aromatic N) is 1. The maximum absolute atomic E-state index is 9.67. The van der Waals surface area contributed by atoms with Gasteiger partial charge in [0.1, 0.15) is 0 Å². The molecule has 1 heterocycles. The third-order valence-electron chi connectivity index (χ3n) is 3.21. The third kappa shape index (κ3) is 2.47. The molecular weight excluding hydrogens is 176 g/mol. The molecule has 2 atom stereocenters. The molecule has 3 nitrogen and oxygen atoms in total. The summed E-state index contributed by atoms with van der Waals surface area (Å²) in [6, 6.07) is 0.270. The van der Waals surface area contributed by atoms with Gasteiger partial charge in [0.2, 0.25) is 0 Å². The molecule has 1 aliphatic heterocycles. The Kier molecular flexibility index (Phi) is 3.40. The SMILES string of the molecule is OC1CCCC1NC1=NCCCCC1. The molecule has 1 fully saturated rings. The maximum Gasteiger partial charge on any atom is 0.0966 e. The van der Waals surface area contributed by atoms with E-state index in [1.165, 1.54) is 19.3 Å². The van der Waals surface area contributed by atoms with Crippen LogP contribution in [0, 0.1) is 0 Å². The Bertz CT molecular complexity index is 215. The zero-order valence-corrected chi connectivity index (χ0v) is 8.71. The first kappa shape index (κ1) is 9.97. The summed E-state index contributed by atoms with van der Waals surface area (Å²) in [5.41, 5.74) is 0. The average molecular weight is 196 g/mol. The average Bonchev–Trinajstić information content (AvgIpc) is 2.44. The minimum atomic E-state index is -0.152. The van der Waals surface area contributed by atoms with Crippen LogP contribution in [0.1, 0.15) is 44.9 Å². The van der Waals surface area contributed by atoms with Gasteiger partial charge in [0, 0.05) is 13.0 Å². The number of amidine groups is 1. The molecule has 1 aliphatic carbocycles. The Balaban J connectivity index is 1.85. The second-order valence-corrected chi connectivity index (χ2v) is 4.39. The predicted octanol–water partition coefficient (Wildman–Crippen LogP) is 1.46. The predicted molar refractivity (Wildman–Crippen MR) is 57.6 cm³/mol. The summed E-state index contributed by atoms with van der Waals surface area (Å²) < 4.78 is 0. The Morgan fingerprint density at radius 3 is 2.86 bits per heavy atom. The van der Waals surface area contributed by atoms with Crippen molar-refractivity contribution < 1.29 is 5.11 Å². The van der Waals surface area contributed by atoms with Gasteiger partial charge in [-0.3, -0.25) is 4.99 Å². The molecule has 2 N–H and O–H groups in total. The number of aliphatic hydroxyl groups is 1. The van der Waals surface area contributed by atoms with Gasteiger partial charge in [-0.1, -0.05) is 6.42 Å². The minimum absolute atomic E-state index is 0.152. The van der Waals surface area contributed by atoms with Crippen molar-refractivity contribution in [3.63, 3.8) is 0 Å². The summed E-state index contributed by atoms with van der Waals surface area (Å²) in [6.07, 6.45) is 7.87. The molecule has 0 aromatic carbocycles. The first-order chi connectivity index (χ1) is 6.86. The summed E-state index contributed by atoms with van der Waals surface area (Å²) in [5.74, 6) is 1.13. The molecule has 3 heteroatoms. The largest absolute Gasteiger partial charge is 0.391 e. The monoisotopic (exact) mass is 196 g/mol. The van der Waals surface area contributed by atoms with Crippen LogP contribution >= 0.6 is 0 Å². The Hall–Kier alpha value is -0.570. The molecule has 2 unspecified atom stereocenters. The van der Waals surface area contributed by atoms with Gasteiger partial charge in [-0.2, -0.15) is 0 Å². The van der Waals surface area contributed by atoms with Crippen LogP contribution in [-0.2, 0) is 0 Å². The van der Waals surface area contributed by atoms with Gasteiger partial charge in [-0.25, -0.2) is 0 Å². The quantitative estimate of drug-likeness (QED) is 0.667. The molecule has 0 spiro atoms. The van der Waals surface area contributed by atoms with Crippen molar-refractivity contribution in [2.45, 2.75) is 57.1 Å². The van der Waals surface area contributed by atoms with Crippen molar-refractivity contribution in [1.82, 2.24) is 5.32 Å². The van der Waals surface area contributed by atoms with Crippen molar-refractivity contribution in [2.75, 3.05) is 6.54 Å². The van der Waals surface area contributed by atoms with E-state index < -0.39 is 0 Å². The number of aliphatic hydroxyl groups excluding tert-OH is 1. The standard InChI is InChI=1S/C11H20N2O/c14-10-6-4-5-9(10)13-11-7-2-1-3-8-12-11/h9-10,14H,1-8H2,(H,12,13). The second kappa shape index (κ2) is 4.78. The summed E-state index contributed by atoms with van der Waals surface area (Å²) in [6.45, 7) is 0.963. The molecule has 0 bridgehead atoms. The van der Waals surface area contributed by atoms with Crippen LogP contribution in [0.2, 0.25) is 0 Å². The lowest BCUT2D eigenvalue weighted by Crippen LogP contribution is -2.39. The van der Waals surface area contributed by atoms with Crippen molar-refractivity contribution in [3.8, 4) is 0 Å². The maximum atomic E-state index is 9.67. The van der Waals surface area contributed by atoms with Crippen molar-refractivity contribution in [1.29, 1.82) is 0 Å². The molecule has 0 aromatic heterocycles. The number of nitrogens with one attached hydrogen (secondary N) is 1. The molecular formula is C11H20N2O. The lowest BCUT2D eigenvalue weighted by Gasteiger charge is -2.18. The van der Waals surface area contributed by atoms with E-state index in [9.17, 15) is 5.11 Å². The molecule has 0 aromatic rings. The van der Waals surface area contributed by atoms with Gasteiger partial charge in [0.15, 0.2) is 0 Å². The highest BCUT2D eigenvalue weighted by Gasteiger charge is 2.25. The molecule has 0 saturated heterocycles. The van der Waals surface area contributed by atoms with Gasteiger partial charge in [0.25, 0.3) is 0 Å². The number of rotatable bonds is 1. The highest BCUT2D eigenvalue weighted by atomic mass is 16.3. The van der Waals surface area contributed by atoms with E-state index in [2.05, 4.69) is 10.3 Å². The van der Waals surface area contributed by atoms with E-state index in [1.807, 2.05) is 0 Å². The van der Waals surface area contributed by atoms with Crippen LogP contribution in [0.4, 0.5) is 0 Å².